The summed E-state index contributed by atoms with van der Waals surface area (Å²) in [6.45, 7) is 7.94. The van der Waals surface area contributed by atoms with E-state index in [0.29, 0.717) is 10.7 Å². The van der Waals surface area contributed by atoms with Gasteiger partial charge in [0.05, 0.1) is 0 Å². The topological polar surface area (TPSA) is 113 Å². The van der Waals surface area contributed by atoms with E-state index in [1.807, 2.05) is 27.7 Å². The Hall–Kier alpha value is -2.39. The second-order valence-corrected chi connectivity index (χ2v) is 8.49. The number of carbonyl (C=O) groups is 2. The first-order chi connectivity index (χ1) is 13.0. The van der Waals surface area contributed by atoms with E-state index < -0.39 is 23.0 Å². The summed E-state index contributed by atoms with van der Waals surface area (Å²) in [6, 6.07) is 4.05. The monoisotopic (exact) mass is 426 g/mol. The smallest absolute Gasteiger partial charge is 0.354 e. The lowest BCUT2D eigenvalue weighted by molar-refractivity contribution is 0.0685. The van der Waals surface area contributed by atoms with Crippen LogP contribution >= 0.6 is 11.6 Å². The quantitative estimate of drug-likeness (QED) is 0.648. The van der Waals surface area contributed by atoms with Gasteiger partial charge in [-0.2, -0.15) is 5.10 Å². The largest absolute Gasteiger partial charge is 0.477 e. The van der Waals surface area contributed by atoms with Gasteiger partial charge in [0.15, 0.2) is 16.0 Å². The minimum atomic E-state index is -2.02. The first-order valence-electron chi connectivity index (χ1n) is 8.61. The van der Waals surface area contributed by atoms with Crippen molar-refractivity contribution < 1.29 is 18.9 Å². The van der Waals surface area contributed by atoms with E-state index in [4.69, 9.17) is 16.7 Å². The highest BCUT2D eigenvalue weighted by Crippen LogP contribution is 2.35. The van der Waals surface area contributed by atoms with Gasteiger partial charge in [0.25, 0.3) is 0 Å². The molecule has 28 heavy (non-hydrogen) atoms. The Morgan fingerprint density at radius 2 is 1.68 bits per heavy atom. The van der Waals surface area contributed by atoms with Crippen molar-refractivity contribution in [1.29, 1.82) is 0 Å². The molecule has 1 unspecified atom stereocenters. The molecule has 152 valence electrons. The third kappa shape index (κ3) is 4.90. The first kappa shape index (κ1) is 21.9. The summed E-state index contributed by atoms with van der Waals surface area (Å²) in [4.78, 5) is 23.5. The van der Waals surface area contributed by atoms with E-state index in [2.05, 4.69) is 15.1 Å². The van der Waals surface area contributed by atoms with E-state index >= 15 is 0 Å². The van der Waals surface area contributed by atoms with Crippen LogP contribution in [-0.2, 0) is 18.0 Å². The molecule has 1 heterocycles. The lowest BCUT2D eigenvalue weighted by Gasteiger charge is -2.21. The van der Waals surface area contributed by atoms with Gasteiger partial charge in [0.1, 0.15) is 5.69 Å². The highest BCUT2D eigenvalue weighted by molar-refractivity contribution is 7.83. The van der Waals surface area contributed by atoms with Crippen molar-refractivity contribution in [3.8, 4) is 0 Å². The number of carboxylic acids is 1. The van der Waals surface area contributed by atoms with Gasteiger partial charge in [-0.25, -0.2) is 13.8 Å². The molecule has 2 aromatic rings. The van der Waals surface area contributed by atoms with Crippen LogP contribution in [0.15, 0.2) is 23.2 Å². The molecule has 0 radical (unpaired) electrons. The highest BCUT2D eigenvalue weighted by Gasteiger charge is 2.21. The van der Waals surface area contributed by atoms with E-state index in [-0.39, 0.29) is 22.6 Å². The summed E-state index contributed by atoms with van der Waals surface area (Å²) >= 11 is 6.22. The van der Waals surface area contributed by atoms with Crippen LogP contribution in [0.2, 0.25) is 5.02 Å². The van der Waals surface area contributed by atoms with Crippen molar-refractivity contribution >= 4 is 40.3 Å². The molecular weight excluding hydrogens is 404 g/mol. The minimum absolute atomic E-state index is 0.0562. The first-order valence-corrected chi connectivity index (χ1v) is 10.1. The standard InChI is InChI=1S/C18H23ClN4O4S/c1-9(2)12-6-11(19)7-13(10(3)4)16(12)20-18(26)22-28(27)15-8-14(17(24)25)23(5)21-15/h6-10H,1-5H3,(H,24,25)(H2,20,22,26). The van der Waals surface area contributed by atoms with E-state index in [1.165, 1.54) is 7.05 Å². The maximum absolute atomic E-state index is 12.5. The fourth-order valence-electron chi connectivity index (χ4n) is 2.71. The molecule has 8 nitrogen and oxygen atoms in total. The van der Waals surface area contributed by atoms with Crippen LogP contribution in [0.4, 0.5) is 10.5 Å². The zero-order valence-electron chi connectivity index (χ0n) is 16.2. The van der Waals surface area contributed by atoms with Gasteiger partial charge < -0.3 is 10.4 Å². The summed E-state index contributed by atoms with van der Waals surface area (Å²) in [5.74, 6) is -0.996. The minimum Gasteiger partial charge on any atom is -0.477 e. The number of aromatic carboxylic acids is 1. The van der Waals surface area contributed by atoms with Gasteiger partial charge in [-0.05, 0) is 35.1 Å². The molecule has 3 N–H and O–H groups in total. The summed E-state index contributed by atoms with van der Waals surface area (Å²) in [7, 11) is -0.597. The molecule has 10 heteroatoms. The Morgan fingerprint density at radius 3 is 2.11 bits per heavy atom. The van der Waals surface area contributed by atoms with Crippen LogP contribution < -0.4 is 10.0 Å². The van der Waals surface area contributed by atoms with Gasteiger partial charge in [-0.1, -0.05) is 39.3 Å². The van der Waals surface area contributed by atoms with E-state index in [9.17, 15) is 13.8 Å². The summed E-state index contributed by atoms with van der Waals surface area (Å²) in [5, 5.41) is 16.2. The van der Waals surface area contributed by atoms with Gasteiger partial charge in [0, 0.05) is 23.8 Å². The molecule has 0 fully saturated rings. The number of hydrogen-bond acceptors (Lipinski definition) is 4. The summed E-state index contributed by atoms with van der Waals surface area (Å²) in [5.41, 5.74) is 2.22. The average Bonchev–Trinajstić information content (AvgIpc) is 2.97. The Morgan fingerprint density at radius 1 is 1.14 bits per heavy atom. The number of halogens is 1. The Labute approximate surface area is 170 Å². The van der Waals surface area contributed by atoms with Crippen molar-refractivity contribution in [2.24, 2.45) is 7.05 Å². The summed E-state index contributed by atoms with van der Waals surface area (Å²) in [6.07, 6.45) is 0. The molecule has 0 aliphatic heterocycles. The number of carbonyl (C=O) groups excluding carboxylic acids is 1. The third-order valence-corrected chi connectivity index (χ3v) is 5.27. The van der Waals surface area contributed by atoms with Crippen LogP contribution in [0.3, 0.4) is 0 Å². The summed E-state index contributed by atoms with van der Waals surface area (Å²) < 4.78 is 15.8. The normalized spacial score (nSPS) is 12.3. The fraction of sp³-hybridized carbons (Fsp3) is 0.389. The van der Waals surface area contributed by atoms with Crippen LogP contribution in [0.25, 0.3) is 0 Å². The molecule has 0 spiro atoms. The average molecular weight is 427 g/mol. The molecule has 1 aromatic heterocycles. The molecule has 0 aliphatic carbocycles. The second kappa shape index (κ2) is 8.74. The van der Waals surface area contributed by atoms with Gasteiger partial charge >= 0.3 is 12.0 Å². The number of urea groups is 1. The lowest BCUT2D eigenvalue weighted by Crippen LogP contribution is -2.31. The Balaban J connectivity index is 2.26. The molecule has 0 aliphatic rings. The van der Waals surface area contributed by atoms with E-state index in [1.54, 1.807) is 12.1 Å². The zero-order valence-corrected chi connectivity index (χ0v) is 17.8. The number of nitrogens with zero attached hydrogens (tertiary/aromatic N) is 2. The number of carboxylic acid groups (broad SMARTS) is 1. The second-order valence-electron chi connectivity index (χ2n) is 6.89. The highest BCUT2D eigenvalue weighted by atomic mass is 35.5. The third-order valence-electron chi connectivity index (χ3n) is 4.10. The lowest BCUT2D eigenvalue weighted by atomic mass is 9.92. The maximum Gasteiger partial charge on any atom is 0.354 e. The van der Waals surface area contributed by atoms with Crippen LogP contribution in [0.5, 0.6) is 0 Å². The van der Waals surface area contributed by atoms with Crippen molar-refractivity contribution in [3.63, 3.8) is 0 Å². The van der Waals surface area contributed by atoms with Gasteiger partial charge in [-0.3, -0.25) is 9.40 Å². The number of rotatable bonds is 6. The number of amides is 2. The van der Waals surface area contributed by atoms with Gasteiger partial charge in [-0.15, -0.1) is 0 Å². The van der Waals surface area contributed by atoms with Crippen molar-refractivity contribution in [1.82, 2.24) is 14.5 Å². The SMILES string of the molecule is CC(C)c1cc(Cl)cc(C(C)C)c1NC(=O)NS(=O)c1cc(C(=O)O)n(C)n1. The number of hydrogen-bond donors (Lipinski definition) is 3. The number of anilines is 1. The van der Waals surface area contributed by atoms with Crippen LogP contribution in [-0.4, -0.2) is 31.1 Å². The van der Waals surface area contributed by atoms with E-state index in [0.717, 1.165) is 21.9 Å². The zero-order chi connectivity index (χ0) is 21.2. The number of aryl methyl sites for hydroxylation is 1. The van der Waals surface area contributed by atoms with Crippen molar-refractivity contribution in [2.75, 3.05) is 5.32 Å². The molecule has 1 atom stereocenters. The fourth-order valence-corrected chi connectivity index (χ4v) is 3.69. The molecule has 1 aromatic carbocycles. The number of benzene rings is 1. The van der Waals surface area contributed by atoms with Crippen LogP contribution in [0, 0.1) is 0 Å². The predicted octanol–water partition coefficient (Wildman–Crippen LogP) is 3.86. The molecular formula is C18H23ClN4O4S. The molecule has 0 bridgehead atoms. The Bertz CT molecular complexity index is 911. The van der Waals surface area contributed by atoms with Crippen LogP contribution in [0.1, 0.15) is 61.1 Å². The Kier molecular flexibility index (Phi) is 6.84. The van der Waals surface area contributed by atoms with Crippen molar-refractivity contribution in [3.05, 3.63) is 40.0 Å². The van der Waals surface area contributed by atoms with Crippen molar-refractivity contribution in [2.45, 2.75) is 44.6 Å². The molecule has 2 amide bonds. The molecule has 0 saturated carbocycles. The molecule has 2 rings (SSSR count). The van der Waals surface area contributed by atoms with Gasteiger partial charge in [0.2, 0.25) is 0 Å². The number of aromatic nitrogens is 2. The predicted molar refractivity (Wildman–Crippen MR) is 108 cm³/mol. The number of nitrogens with one attached hydrogen (secondary N) is 2. The maximum atomic E-state index is 12.5. The molecule has 0 saturated heterocycles.